The van der Waals surface area contributed by atoms with Crippen LogP contribution in [0.2, 0.25) is 0 Å². The minimum Gasteiger partial charge on any atom is -0.393 e. The molecule has 0 spiro atoms. The molecule has 0 aromatic rings. The number of rotatable bonds is 5. The molecule has 0 heterocycles. The molecule has 1 heteroatoms. The summed E-state index contributed by atoms with van der Waals surface area (Å²) in [4.78, 5) is 0. The van der Waals surface area contributed by atoms with Gasteiger partial charge in [-0.1, -0.05) is 57.9 Å². The van der Waals surface area contributed by atoms with E-state index < -0.39 is 0 Å². The predicted molar refractivity (Wildman–Crippen MR) is 128 cm³/mol. The fourth-order valence-corrected chi connectivity index (χ4v) is 8.83. The van der Waals surface area contributed by atoms with Crippen LogP contribution in [0.25, 0.3) is 0 Å². The first kappa shape index (κ1) is 22.6. The molecule has 4 rings (SSSR count). The SMILES string of the molecule is CC=C(CCC(C)[C@H]1CC[C@H]2C3=CCC4CC(O)CC[C@]4(C)[C@H]3CC[C@]12C)C(C)C. The van der Waals surface area contributed by atoms with Gasteiger partial charge in [0.05, 0.1) is 6.10 Å². The summed E-state index contributed by atoms with van der Waals surface area (Å²) in [6.45, 7) is 14.7. The predicted octanol–water partition coefficient (Wildman–Crippen LogP) is 7.94. The average Bonchev–Trinajstić information content (AvgIpc) is 3.06. The van der Waals surface area contributed by atoms with Crippen LogP contribution in [0.4, 0.5) is 0 Å². The van der Waals surface area contributed by atoms with Gasteiger partial charge in [0.25, 0.3) is 0 Å². The van der Waals surface area contributed by atoms with Gasteiger partial charge in [-0.15, -0.1) is 0 Å². The maximum atomic E-state index is 10.3. The fraction of sp³-hybridized carbons (Fsp3) is 0.862. The lowest BCUT2D eigenvalue weighted by Gasteiger charge is -2.57. The lowest BCUT2D eigenvalue weighted by Crippen LogP contribution is -2.49. The van der Waals surface area contributed by atoms with Crippen LogP contribution in [0.3, 0.4) is 0 Å². The van der Waals surface area contributed by atoms with Crippen molar-refractivity contribution in [3.05, 3.63) is 23.3 Å². The van der Waals surface area contributed by atoms with E-state index in [0.29, 0.717) is 22.7 Å². The second kappa shape index (κ2) is 8.42. The van der Waals surface area contributed by atoms with E-state index in [0.717, 1.165) is 36.5 Å². The molecule has 4 aliphatic carbocycles. The zero-order valence-corrected chi connectivity index (χ0v) is 20.7. The van der Waals surface area contributed by atoms with Crippen LogP contribution in [0.5, 0.6) is 0 Å². The van der Waals surface area contributed by atoms with Crippen molar-refractivity contribution in [2.24, 2.45) is 46.3 Å². The molecule has 3 fully saturated rings. The van der Waals surface area contributed by atoms with Crippen molar-refractivity contribution in [2.75, 3.05) is 0 Å². The Morgan fingerprint density at radius 2 is 1.77 bits per heavy atom. The smallest absolute Gasteiger partial charge is 0.0543 e. The summed E-state index contributed by atoms with van der Waals surface area (Å²) in [6.07, 6.45) is 17.9. The third kappa shape index (κ3) is 3.66. The molecule has 3 saturated carbocycles. The largest absolute Gasteiger partial charge is 0.393 e. The molecule has 4 aliphatic rings. The molecule has 1 nitrogen and oxygen atoms in total. The Bertz CT molecular complexity index is 686. The van der Waals surface area contributed by atoms with Crippen LogP contribution in [0.1, 0.15) is 106 Å². The first-order valence-electron chi connectivity index (χ1n) is 13.2. The number of fused-ring (bicyclic) bond motifs is 5. The van der Waals surface area contributed by atoms with Gasteiger partial charge in [0.2, 0.25) is 0 Å². The molecule has 170 valence electrons. The molecule has 30 heavy (non-hydrogen) atoms. The van der Waals surface area contributed by atoms with Crippen molar-refractivity contribution < 1.29 is 5.11 Å². The Morgan fingerprint density at radius 3 is 2.47 bits per heavy atom. The fourth-order valence-electron chi connectivity index (χ4n) is 8.83. The molecule has 1 N–H and O–H groups in total. The third-order valence-electron chi connectivity index (χ3n) is 10.8. The van der Waals surface area contributed by atoms with Crippen LogP contribution in [-0.2, 0) is 0 Å². The third-order valence-corrected chi connectivity index (χ3v) is 10.8. The lowest BCUT2D eigenvalue weighted by molar-refractivity contribution is -0.0427. The van der Waals surface area contributed by atoms with Crippen molar-refractivity contribution in [1.29, 1.82) is 0 Å². The van der Waals surface area contributed by atoms with E-state index in [1.54, 1.807) is 5.57 Å². The van der Waals surface area contributed by atoms with Gasteiger partial charge in [-0.25, -0.2) is 0 Å². The van der Waals surface area contributed by atoms with E-state index in [-0.39, 0.29) is 6.10 Å². The number of hydrogen-bond acceptors (Lipinski definition) is 1. The number of hydrogen-bond donors (Lipinski definition) is 1. The normalized spacial score (nSPS) is 44.9. The van der Waals surface area contributed by atoms with E-state index in [1.165, 1.54) is 51.4 Å². The Kier molecular flexibility index (Phi) is 6.35. The molecule has 0 saturated heterocycles. The van der Waals surface area contributed by atoms with Crippen LogP contribution >= 0.6 is 0 Å². The van der Waals surface area contributed by atoms with E-state index in [4.69, 9.17) is 0 Å². The molecule has 0 amide bonds. The van der Waals surface area contributed by atoms with Gasteiger partial charge in [0, 0.05) is 0 Å². The number of allylic oxidation sites excluding steroid dienone is 4. The highest BCUT2D eigenvalue weighted by Gasteiger charge is 2.58. The van der Waals surface area contributed by atoms with Crippen LogP contribution in [-0.4, -0.2) is 11.2 Å². The molecule has 3 unspecified atom stereocenters. The van der Waals surface area contributed by atoms with E-state index in [9.17, 15) is 5.11 Å². The molecule has 0 aliphatic heterocycles. The maximum Gasteiger partial charge on any atom is 0.0543 e. The van der Waals surface area contributed by atoms with Gasteiger partial charge in [0.15, 0.2) is 0 Å². The topological polar surface area (TPSA) is 20.2 Å². The van der Waals surface area contributed by atoms with Gasteiger partial charge in [-0.3, -0.25) is 0 Å². The summed E-state index contributed by atoms with van der Waals surface area (Å²) in [7, 11) is 0. The van der Waals surface area contributed by atoms with Gasteiger partial charge in [-0.2, -0.15) is 0 Å². The van der Waals surface area contributed by atoms with E-state index in [2.05, 4.69) is 53.7 Å². The summed E-state index contributed by atoms with van der Waals surface area (Å²) in [5.41, 5.74) is 4.49. The molecule has 8 atom stereocenters. The zero-order valence-electron chi connectivity index (χ0n) is 20.7. The quantitative estimate of drug-likeness (QED) is 0.454. The average molecular weight is 413 g/mol. The lowest BCUT2D eigenvalue weighted by atomic mass is 9.47. The van der Waals surface area contributed by atoms with E-state index >= 15 is 0 Å². The second-order valence-electron chi connectivity index (χ2n) is 12.4. The highest BCUT2D eigenvalue weighted by atomic mass is 16.3. The summed E-state index contributed by atoms with van der Waals surface area (Å²) in [5, 5.41) is 10.3. The Balaban J connectivity index is 1.50. The Labute approximate surface area is 186 Å². The number of aliphatic hydroxyl groups is 1. The van der Waals surface area contributed by atoms with Gasteiger partial charge in [0.1, 0.15) is 0 Å². The van der Waals surface area contributed by atoms with E-state index in [1.807, 2.05) is 5.57 Å². The molecule has 0 bridgehead atoms. The molecule has 0 radical (unpaired) electrons. The molecular weight excluding hydrogens is 364 g/mol. The molecular formula is C29H48O. The monoisotopic (exact) mass is 412 g/mol. The summed E-state index contributed by atoms with van der Waals surface area (Å²) in [6, 6.07) is 0. The minimum atomic E-state index is -0.0449. The van der Waals surface area contributed by atoms with Crippen molar-refractivity contribution in [1.82, 2.24) is 0 Å². The van der Waals surface area contributed by atoms with Crippen molar-refractivity contribution in [3.8, 4) is 0 Å². The van der Waals surface area contributed by atoms with Crippen LogP contribution in [0.15, 0.2) is 23.3 Å². The van der Waals surface area contributed by atoms with Gasteiger partial charge < -0.3 is 5.11 Å². The highest BCUT2D eigenvalue weighted by Crippen LogP contribution is 2.67. The van der Waals surface area contributed by atoms with Gasteiger partial charge >= 0.3 is 0 Å². The zero-order chi connectivity index (χ0) is 21.7. The van der Waals surface area contributed by atoms with Crippen molar-refractivity contribution in [3.63, 3.8) is 0 Å². The first-order chi connectivity index (χ1) is 14.2. The second-order valence-corrected chi connectivity index (χ2v) is 12.4. The van der Waals surface area contributed by atoms with Crippen molar-refractivity contribution >= 4 is 0 Å². The van der Waals surface area contributed by atoms with Crippen LogP contribution < -0.4 is 0 Å². The standard InChI is InChI=1S/C29H48O/c1-7-21(19(2)3)9-8-20(4)25-12-13-26-24-11-10-22-18-23(30)14-16-28(22,5)27(24)15-17-29(25,26)6/h7,11,19-20,22-23,25-27,30H,8-10,12-18H2,1-6H3/t20?,22?,23?,25-,26+,27+,28+,29-/m1/s1. The van der Waals surface area contributed by atoms with Gasteiger partial charge in [-0.05, 0) is 117 Å². The minimum absolute atomic E-state index is 0.0449. The Morgan fingerprint density at radius 1 is 1.07 bits per heavy atom. The number of aliphatic hydroxyl groups excluding tert-OH is 1. The summed E-state index contributed by atoms with van der Waals surface area (Å²) in [5.74, 6) is 4.77. The molecule has 0 aromatic carbocycles. The molecule has 0 aromatic heterocycles. The highest BCUT2D eigenvalue weighted by molar-refractivity contribution is 5.27. The first-order valence-corrected chi connectivity index (χ1v) is 13.2. The summed E-state index contributed by atoms with van der Waals surface area (Å²) < 4.78 is 0. The van der Waals surface area contributed by atoms with Crippen molar-refractivity contribution in [2.45, 2.75) is 112 Å². The Hall–Kier alpha value is -0.560. The summed E-state index contributed by atoms with van der Waals surface area (Å²) >= 11 is 0. The maximum absolute atomic E-state index is 10.3. The van der Waals surface area contributed by atoms with Crippen LogP contribution in [0, 0.1) is 46.3 Å².